The Hall–Kier alpha value is -1.42. The Bertz CT molecular complexity index is 635. The lowest BCUT2D eigenvalue weighted by Crippen LogP contribution is -2.44. The lowest BCUT2D eigenvalue weighted by Gasteiger charge is -2.30. The van der Waals surface area contributed by atoms with Crippen molar-refractivity contribution in [3.63, 3.8) is 0 Å². The van der Waals surface area contributed by atoms with Crippen LogP contribution in [0, 0.1) is 17.2 Å². The van der Waals surface area contributed by atoms with Crippen LogP contribution in [-0.4, -0.2) is 43.2 Å². The van der Waals surface area contributed by atoms with Crippen LogP contribution in [0.3, 0.4) is 0 Å². The van der Waals surface area contributed by atoms with E-state index in [1.807, 2.05) is 6.92 Å². The highest BCUT2D eigenvalue weighted by Crippen LogP contribution is 2.39. The molecule has 1 aromatic heterocycles. The maximum Gasteiger partial charge on any atom is 0.239 e. The quantitative estimate of drug-likeness (QED) is 0.922. The minimum Gasteiger partial charge on any atom is -0.376 e. The second-order valence-corrected chi connectivity index (χ2v) is 7.74. The van der Waals surface area contributed by atoms with E-state index in [4.69, 9.17) is 4.74 Å². The fraction of sp³-hybridized carbons (Fsp3) is 0.647. The van der Waals surface area contributed by atoms with Crippen LogP contribution in [0.25, 0.3) is 0 Å². The number of rotatable bonds is 3. The molecule has 3 rings (SSSR count). The summed E-state index contributed by atoms with van der Waals surface area (Å²) in [5.41, 5.74) is 1.84. The monoisotopic (exact) mass is 333 g/mol. The van der Waals surface area contributed by atoms with Gasteiger partial charge in [0, 0.05) is 18.0 Å². The summed E-state index contributed by atoms with van der Waals surface area (Å²) >= 11 is 1.58. The van der Waals surface area contributed by atoms with Gasteiger partial charge in [-0.25, -0.2) is 0 Å². The number of thiophene rings is 1. The number of amides is 1. The van der Waals surface area contributed by atoms with Crippen molar-refractivity contribution in [2.75, 3.05) is 31.6 Å². The minimum atomic E-state index is -0.0396. The van der Waals surface area contributed by atoms with Gasteiger partial charge in [0.2, 0.25) is 5.91 Å². The molecule has 23 heavy (non-hydrogen) atoms. The summed E-state index contributed by atoms with van der Waals surface area (Å²) in [7, 11) is 0. The van der Waals surface area contributed by atoms with Gasteiger partial charge in [-0.15, -0.1) is 11.3 Å². The third-order valence-corrected chi connectivity index (χ3v) is 5.74. The summed E-state index contributed by atoms with van der Waals surface area (Å²) in [5, 5.41) is 13.2. The Morgan fingerprint density at radius 1 is 1.52 bits per heavy atom. The zero-order chi connectivity index (χ0) is 16.4. The van der Waals surface area contributed by atoms with Crippen LogP contribution in [0.5, 0.6) is 0 Å². The maximum absolute atomic E-state index is 12.3. The lowest BCUT2D eigenvalue weighted by molar-refractivity contribution is -0.119. The Morgan fingerprint density at radius 2 is 2.35 bits per heavy atom. The first-order chi connectivity index (χ1) is 11.1. The summed E-state index contributed by atoms with van der Waals surface area (Å²) in [6.45, 7) is 6.85. The molecule has 124 valence electrons. The number of nitriles is 1. The van der Waals surface area contributed by atoms with Crippen LogP contribution in [-0.2, 0) is 22.4 Å². The van der Waals surface area contributed by atoms with E-state index in [9.17, 15) is 10.1 Å². The SMILES string of the molecule is C[C@@H]1CCc2c(sc(NC(=O)CN3CCO[C@@H](C)C3)c2C#N)C1. The fourth-order valence-electron chi connectivity index (χ4n) is 3.36. The zero-order valence-electron chi connectivity index (χ0n) is 13.7. The van der Waals surface area contributed by atoms with Gasteiger partial charge in [0.15, 0.2) is 0 Å². The first kappa shape index (κ1) is 16.4. The molecule has 1 aliphatic heterocycles. The highest BCUT2D eigenvalue weighted by molar-refractivity contribution is 7.16. The van der Waals surface area contributed by atoms with E-state index in [1.54, 1.807) is 11.3 Å². The number of nitrogens with zero attached hydrogens (tertiary/aromatic N) is 2. The molecule has 2 heterocycles. The first-order valence-electron chi connectivity index (χ1n) is 8.25. The van der Waals surface area contributed by atoms with E-state index in [2.05, 4.69) is 23.2 Å². The highest BCUT2D eigenvalue weighted by Gasteiger charge is 2.25. The van der Waals surface area contributed by atoms with Crippen LogP contribution in [0.1, 0.15) is 36.3 Å². The van der Waals surface area contributed by atoms with Crippen molar-refractivity contribution >= 4 is 22.2 Å². The molecule has 0 radical (unpaired) electrons. The molecule has 5 nitrogen and oxygen atoms in total. The Balaban J connectivity index is 1.68. The van der Waals surface area contributed by atoms with E-state index in [-0.39, 0.29) is 12.0 Å². The van der Waals surface area contributed by atoms with E-state index >= 15 is 0 Å². The second-order valence-electron chi connectivity index (χ2n) is 6.63. The molecular formula is C17H23N3O2S. The fourth-order valence-corrected chi connectivity index (χ4v) is 4.74. The van der Waals surface area contributed by atoms with Crippen molar-refractivity contribution in [3.8, 4) is 6.07 Å². The molecule has 1 aliphatic carbocycles. The predicted molar refractivity (Wildman–Crippen MR) is 90.7 cm³/mol. The molecule has 0 aromatic carbocycles. The number of ether oxygens (including phenoxy) is 1. The summed E-state index contributed by atoms with van der Waals surface area (Å²) in [5.74, 6) is 0.619. The average molecular weight is 333 g/mol. The van der Waals surface area contributed by atoms with Crippen molar-refractivity contribution in [2.24, 2.45) is 5.92 Å². The topological polar surface area (TPSA) is 65.4 Å². The van der Waals surface area contributed by atoms with Crippen LogP contribution in [0.15, 0.2) is 0 Å². The van der Waals surface area contributed by atoms with Crippen molar-refractivity contribution in [3.05, 3.63) is 16.0 Å². The Labute approximate surface area is 141 Å². The smallest absolute Gasteiger partial charge is 0.239 e. The Kier molecular flexibility index (Phi) is 5.00. The number of carbonyl (C=O) groups is 1. The van der Waals surface area contributed by atoms with Crippen molar-refractivity contribution in [1.82, 2.24) is 4.90 Å². The normalized spacial score (nSPS) is 24.7. The largest absolute Gasteiger partial charge is 0.376 e. The van der Waals surface area contributed by atoms with Gasteiger partial charge in [0.25, 0.3) is 0 Å². The van der Waals surface area contributed by atoms with E-state index in [1.165, 1.54) is 4.88 Å². The third kappa shape index (κ3) is 3.74. The van der Waals surface area contributed by atoms with Crippen LogP contribution < -0.4 is 5.32 Å². The second kappa shape index (κ2) is 7.00. The number of nitrogens with one attached hydrogen (secondary N) is 1. The Morgan fingerprint density at radius 3 is 3.09 bits per heavy atom. The van der Waals surface area contributed by atoms with E-state index in [0.717, 1.165) is 42.9 Å². The molecule has 2 aliphatic rings. The van der Waals surface area contributed by atoms with Gasteiger partial charge in [0.05, 0.1) is 24.8 Å². The number of anilines is 1. The number of hydrogen-bond acceptors (Lipinski definition) is 5. The van der Waals surface area contributed by atoms with Crippen molar-refractivity contribution < 1.29 is 9.53 Å². The molecule has 6 heteroatoms. The predicted octanol–water partition coefficient (Wildman–Crippen LogP) is 2.40. The van der Waals surface area contributed by atoms with Crippen LogP contribution in [0.4, 0.5) is 5.00 Å². The molecule has 2 atom stereocenters. The molecule has 0 saturated carbocycles. The van der Waals surface area contributed by atoms with Gasteiger partial charge in [-0.2, -0.15) is 5.26 Å². The molecule has 1 N–H and O–H groups in total. The number of carbonyl (C=O) groups excluding carboxylic acids is 1. The summed E-state index contributed by atoms with van der Waals surface area (Å²) < 4.78 is 5.50. The van der Waals surface area contributed by atoms with Crippen molar-refractivity contribution in [2.45, 2.75) is 39.2 Å². The van der Waals surface area contributed by atoms with Gasteiger partial charge in [-0.05, 0) is 37.7 Å². The summed E-state index contributed by atoms with van der Waals surface area (Å²) in [6, 6.07) is 2.30. The van der Waals surface area contributed by atoms with E-state index in [0.29, 0.717) is 24.6 Å². The van der Waals surface area contributed by atoms with Crippen LogP contribution >= 0.6 is 11.3 Å². The molecule has 1 amide bonds. The third-order valence-electron chi connectivity index (χ3n) is 4.57. The standard InChI is InChI=1S/C17H23N3O2S/c1-11-3-4-13-14(8-18)17(23-15(13)7-11)19-16(21)10-20-5-6-22-12(2)9-20/h11-12H,3-7,9-10H2,1-2H3,(H,19,21)/t11-,12+/m1/s1. The number of morpholine rings is 1. The van der Waals surface area contributed by atoms with Gasteiger partial charge in [0.1, 0.15) is 11.1 Å². The van der Waals surface area contributed by atoms with Gasteiger partial charge >= 0.3 is 0 Å². The van der Waals surface area contributed by atoms with Crippen molar-refractivity contribution in [1.29, 1.82) is 5.26 Å². The molecule has 1 saturated heterocycles. The van der Waals surface area contributed by atoms with Gasteiger partial charge in [-0.1, -0.05) is 6.92 Å². The van der Waals surface area contributed by atoms with Crippen LogP contribution in [0.2, 0.25) is 0 Å². The molecule has 1 aromatic rings. The average Bonchev–Trinajstić information content (AvgIpc) is 2.82. The molecule has 0 spiro atoms. The number of hydrogen-bond donors (Lipinski definition) is 1. The molecule has 1 fully saturated rings. The first-order valence-corrected chi connectivity index (χ1v) is 9.07. The minimum absolute atomic E-state index is 0.0396. The van der Waals surface area contributed by atoms with Gasteiger partial charge < -0.3 is 10.1 Å². The number of fused-ring (bicyclic) bond motifs is 1. The van der Waals surface area contributed by atoms with E-state index < -0.39 is 0 Å². The summed E-state index contributed by atoms with van der Waals surface area (Å²) in [4.78, 5) is 15.7. The molecule has 0 bridgehead atoms. The maximum atomic E-state index is 12.3. The van der Waals surface area contributed by atoms with Gasteiger partial charge in [-0.3, -0.25) is 9.69 Å². The molecular weight excluding hydrogens is 310 g/mol. The zero-order valence-corrected chi connectivity index (χ0v) is 14.5. The highest BCUT2D eigenvalue weighted by atomic mass is 32.1. The lowest BCUT2D eigenvalue weighted by atomic mass is 9.89. The molecule has 0 unspecified atom stereocenters. The summed E-state index contributed by atoms with van der Waals surface area (Å²) in [6.07, 6.45) is 3.26.